The lowest BCUT2D eigenvalue weighted by Gasteiger charge is -2.38. The molecule has 0 amide bonds. The van der Waals surface area contributed by atoms with E-state index in [1.165, 1.54) is 0 Å². The van der Waals surface area contributed by atoms with Crippen LogP contribution in [0.15, 0.2) is 78.1 Å². The first-order chi connectivity index (χ1) is 13.3. The summed E-state index contributed by atoms with van der Waals surface area (Å²) >= 11 is 0. The van der Waals surface area contributed by atoms with Crippen molar-refractivity contribution in [2.24, 2.45) is 5.10 Å². The van der Waals surface area contributed by atoms with Crippen LogP contribution in [0.25, 0.3) is 0 Å². The van der Waals surface area contributed by atoms with Gasteiger partial charge < -0.3 is 14.9 Å². The Bertz CT molecular complexity index is 973. The van der Waals surface area contributed by atoms with E-state index in [9.17, 15) is 10.4 Å². The van der Waals surface area contributed by atoms with E-state index in [0.717, 1.165) is 23.8 Å². The fraction of sp³-hybridized carbons (Fsp3) is 0.143. The summed E-state index contributed by atoms with van der Waals surface area (Å²) in [6.07, 6.45) is 8.03. The number of amidine groups is 1. The van der Waals surface area contributed by atoms with Gasteiger partial charge in [0.05, 0.1) is 23.5 Å². The molecule has 6 nitrogen and oxygen atoms in total. The van der Waals surface area contributed by atoms with Gasteiger partial charge >= 0.3 is 0 Å². The Balaban J connectivity index is 1.75. The molecule has 134 valence electrons. The summed E-state index contributed by atoms with van der Waals surface area (Å²) < 4.78 is 0. The third-order valence-electron chi connectivity index (χ3n) is 4.54. The van der Waals surface area contributed by atoms with Gasteiger partial charge in [-0.05, 0) is 30.3 Å². The Labute approximate surface area is 158 Å². The van der Waals surface area contributed by atoms with Gasteiger partial charge in [-0.1, -0.05) is 36.4 Å². The van der Waals surface area contributed by atoms with Gasteiger partial charge in [-0.25, -0.2) is 5.01 Å². The molecule has 0 atom stereocenters. The minimum absolute atomic E-state index is 0.223. The molecule has 2 aromatic rings. The highest BCUT2D eigenvalue weighted by molar-refractivity contribution is 5.90. The number of aromatic hydroxyl groups is 1. The van der Waals surface area contributed by atoms with Crippen LogP contribution in [0.2, 0.25) is 0 Å². The number of anilines is 2. The maximum Gasteiger partial charge on any atom is 0.149 e. The van der Waals surface area contributed by atoms with Crippen LogP contribution in [0.4, 0.5) is 11.4 Å². The zero-order chi connectivity index (χ0) is 18.6. The minimum Gasteiger partial charge on any atom is -0.506 e. The standard InChI is InChI=1S/C21H19N5O/c22-14-17-8-2-3-9-18(17)26-16-25(19-10-4-5-11-20(19)27)15-21(23-26)24-12-6-1-7-13-24/h1-12,27H,13,15-16H2. The van der Waals surface area contributed by atoms with Crippen molar-refractivity contribution in [2.45, 2.75) is 0 Å². The van der Waals surface area contributed by atoms with Gasteiger partial charge in [0.2, 0.25) is 0 Å². The van der Waals surface area contributed by atoms with Crippen LogP contribution in [0.5, 0.6) is 5.75 Å². The van der Waals surface area contributed by atoms with Crippen molar-refractivity contribution >= 4 is 17.2 Å². The molecule has 2 aromatic carbocycles. The van der Waals surface area contributed by atoms with Crippen LogP contribution < -0.4 is 9.91 Å². The molecule has 0 saturated heterocycles. The molecule has 0 aliphatic carbocycles. The number of phenols is 1. The van der Waals surface area contributed by atoms with Crippen LogP contribution in [0, 0.1) is 11.3 Å². The molecular formula is C21H19N5O. The number of hydrazone groups is 1. The Morgan fingerprint density at radius 3 is 2.52 bits per heavy atom. The highest BCUT2D eigenvalue weighted by Crippen LogP contribution is 2.30. The predicted octanol–water partition coefficient (Wildman–Crippen LogP) is 3.25. The molecule has 0 saturated carbocycles. The van der Waals surface area contributed by atoms with Crippen molar-refractivity contribution < 1.29 is 5.11 Å². The summed E-state index contributed by atoms with van der Waals surface area (Å²) in [4.78, 5) is 4.12. The van der Waals surface area contributed by atoms with Crippen LogP contribution >= 0.6 is 0 Å². The molecule has 0 bridgehead atoms. The monoisotopic (exact) mass is 357 g/mol. The van der Waals surface area contributed by atoms with Gasteiger partial charge in [0.15, 0.2) is 0 Å². The second-order valence-electron chi connectivity index (χ2n) is 6.29. The summed E-state index contributed by atoms with van der Waals surface area (Å²) in [6.45, 7) is 1.73. The summed E-state index contributed by atoms with van der Waals surface area (Å²) in [5, 5.41) is 26.4. The normalized spacial score (nSPS) is 16.3. The largest absolute Gasteiger partial charge is 0.506 e. The van der Waals surface area contributed by atoms with Crippen molar-refractivity contribution in [1.29, 1.82) is 5.26 Å². The molecule has 0 fully saturated rings. The second kappa shape index (κ2) is 7.26. The van der Waals surface area contributed by atoms with E-state index in [-0.39, 0.29) is 5.75 Å². The van der Waals surface area contributed by atoms with Gasteiger partial charge in [0.25, 0.3) is 0 Å². The van der Waals surface area contributed by atoms with E-state index >= 15 is 0 Å². The second-order valence-corrected chi connectivity index (χ2v) is 6.29. The number of nitrogens with zero attached hydrogens (tertiary/aromatic N) is 5. The maximum atomic E-state index is 10.3. The highest BCUT2D eigenvalue weighted by atomic mass is 16.3. The number of benzene rings is 2. The number of para-hydroxylation sites is 3. The number of rotatable bonds is 2. The van der Waals surface area contributed by atoms with Gasteiger partial charge in [0.1, 0.15) is 24.3 Å². The Kier molecular flexibility index (Phi) is 4.50. The number of hydrogen-bond acceptors (Lipinski definition) is 6. The highest BCUT2D eigenvalue weighted by Gasteiger charge is 2.26. The molecule has 6 heteroatoms. The molecule has 0 spiro atoms. The van der Waals surface area contributed by atoms with Crippen LogP contribution in [-0.2, 0) is 0 Å². The summed E-state index contributed by atoms with van der Waals surface area (Å²) in [5.41, 5.74) is 2.05. The smallest absolute Gasteiger partial charge is 0.149 e. The zero-order valence-electron chi connectivity index (χ0n) is 14.7. The third kappa shape index (κ3) is 3.35. The fourth-order valence-corrected chi connectivity index (χ4v) is 3.21. The average Bonchev–Trinajstić information content (AvgIpc) is 2.74. The van der Waals surface area contributed by atoms with Gasteiger partial charge in [0, 0.05) is 12.7 Å². The zero-order valence-corrected chi connectivity index (χ0v) is 14.7. The van der Waals surface area contributed by atoms with Gasteiger partial charge in [-0.15, -0.1) is 0 Å². The van der Waals surface area contributed by atoms with E-state index in [1.807, 2.05) is 53.7 Å². The fourth-order valence-electron chi connectivity index (χ4n) is 3.21. The lowest BCUT2D eigenvalue weighted by atomic mass is 10.2. The maximum absolute atomic E-state index is 10.3. The predicted molar refractivity (Wildman–Crippen MR) is 106 cm³/mol. The quantitative estimate of drug-likeness (QED) is 0.894. The minimum atomic E-state index is 0.223. The Morgan fingerprint density at radius 2 is 1.78 bits per heavy atom. The first-order valence-corrected chi connectivity index (χ1v) is 8.73. The lowest BCUT2D eigenvalue weighted by molar-refractivity contribution is 0.473. The molecule has 2 aliphatic heterocycles. The Morgan fingerprint density at radius 1 is 1.00 bits per heavy atom. The van der Waals surface area contributed by atoms with Crippen molar-refractivity contribution in [1.82, 2.24) is 4.90 Å². The Hall–Kier alpha value is -3.72. The first kappa shape index (κ1) is 16.7. The average molecular weight is 357 g/mol. The molecular weight excluding hydrogens is 338 g/mol. The van der Waals surface area contributed by atoms with Crippen LogP contribution in [0.1, 0.15) is 5.56 Å². The van der Waals surface area contributed by atoms with Crippen molar-refractivity contribution in [3.63, 3.8) is 0 Å². The number of hydrogen-bond donors (Lipinski definition) is 1. The summed E-state index contributed by atoms with van der Waals surface area (Å²) in [7, 11) is 0. The lowest BCUT2D eigenvalue weighted by Crippen LogP contribution is -2.49. The number of allylic oxidation sites excluding steroid dienone is 2. The molecule has 27 heavy (non-hydrogen) atoms. The molecule has 2 aliphatic rings. The van der Waals surface area contributed by atoms with E-state index in [1.54, 1.807) is 18.2 Å². The molecule has 1 N–H and O–H groups in total. The summed E-state index contributed by atoms with van der Waals surface area (Å²) in [6, 6.07) is 16.9. The molecule has 2 heterocycles. The van der Waals surface area contributed by atoms with Crippen molar-refractivity contribution in [2.75, 3.05) is 29.7 Å². The van der Waals surface area contributed by atoms with Crippen LogP contribution in [-0.4, -0.2) is 35.6 Å². The SMILES string of the molecule is N#Cc1ccccc1N1CN(c2ccccc2O)CC(N2C=CC=CC2)=N1. The van der Waals surface area contributed by atoms with Gasteiger partial charge in [-0.2, -0.15) is 10.4 Å². The van der Waals surface area contributed by atoms with E-state index in [4.69, 9.17) is 5.10 Å². The molecule has 0 radical (unpaired) electrons. The third-order valence-corrected chi connectivity index (χ3v) is 4.54. The topological polar surface area (TPSA) is 66.1 Å². The van der Waals surface area contributed by atoms with E-state index in [2.05, 4.69) is 21.9 Å². The van der Waals surface area contributed by atoms with Crippen LogP contribution in [0.3, 0.4) is 0 Å². The van der Waals surface area contributed by atoms with E-state index < -0.39 is 0 Å². The number of phenolic OH excluding ortho intramolecular Hbond substituents is 1. The first-order valence-electron chi connectivity index (χ1n) is 8.73. The van der Waals surface area contributed by atoms with Gasteiger partial charge in [-0.3, -0.25) is 0 Å². The van der Waals surface area contributed by atoms with Crippen molar-refractivity contribution in [3.8, 4) is 11.8 Å². The van der Waals surface area contributed by atoms with E-state index in [0.29, 0.717) is 18.8 Å². The molecule has 0 unspecified atom stereocenters. The summed E-state index contributed by atoms with van der Waals surface area (Å²) in [5.74, 6) is 1.07. The van der Waals surface area contributed by atoms with Crippen molar-refractivity contribution in [3.05, 3.63) is 78.5 Å². The molecule has 0 aromatic heterocycles. The molecule has 4 rings (SSSR count). The number of nitriles is 1.